The van der Waals surface area contributed by atoms with E-state index >= 15 is 0 Å². The van der Waals surface area contributed by atoms with Crippen molar-refractivity contribution >= 4 is 0 Å². The first kappa shape index (κ1) is 11.6. The van der Waals surface area contributed by atoms with Crippen LogP contribution in [0.15, 0.2) is 24.3 Å². The fourth-order valence-electron chi connectivity index (χ4n) is 1.24. The highest BCUT2D eigenvalue weighted by Gasteiger charge is 2.20. The molecule has 1 N–H and O–H groups in total. The van der Waals surface area contributed by atoms with Gasteiger partial charge in [0, 0.05) is 6.54 Å². The molecule has 0 atom stereocenters. The topological polar surface area (TPSA) is 23.5 Å². The molecule has 15 heavy (non-hydrogen) atoms. The summed E-state index contributed by atoms with van der Waals surface area (Å²) >= 11 is 0. The van der Waals surface area contributed by atoms with Crippen LogP contribution in [0, 0.1) is 12.3 Å². The predicted molar refractivity (Wildman–Crippen MR) is 62.5 cm³/mol. The van der Waals surface area contributed by atoms with Crippen molar-refractivity contribution in [1.29, 1.82) is 0 Å². The summed E-state index contributed by atoms with van der Waals surface area (Å²) in [5.74, 6) is 3.03. The van der Waals surface area contributed by atoms with Crippen LogP contribution in [0.1, 0.15) is 19.4 Å². The van der Waals surface area contributed by atoms with E-state index in [9.17, 15) is 5.11 Å². The summed E-state index contributed by atoms with van der Waals surface area (Å²) in [6.45, 7) is 4.72. The van der Waals surface area contributed by atoms with Gasteiger partial charge in [0.2, 0.25) is 0 Å². The maximum absolute atomic E-state index is 9.33. The fourth-order valence-corrected chi connectivity index (χ4v) is 1.24. The Balaban J connectivity index is 2.76. The average Bonchev–Trinajstić information content (AvgIpc) is 2.17. The lowest BCUT2D eigenvalue weighted by Gasteiger charge is -2.30. The van der Waals surface area contributed by atoms with Gasteiger partial charge in [-0.05, 0) is 38.6 Å². The third-order valence-electron chi connectivity index (χ3n) is 2.64. The van der Waals surface area contributed by atoms with Gasteiger partial charge < -0.3 is 5.11 Å². The Morgan fingerprint density at radius 2 is 2.13 bits per heavy atom. The zero-order chi connectivity index (χ0) is 11.5. The van der Waals surface area contributed by atoms with Crippen molar-refractivity contribution in [3.05, 3.63) is 29.8 Å². The molecule has 0 aromatic heterocycles. The molecule has 0 fully saturated rings. The van der Waals surface area contributed by atoms with Gasteiger partial charge in [-0.1, -0.05) is 18.1 Å². The number of rotatable bonds is 3. The molecule has 1 aromatic carbocycles. The Bertz CT molecular complexity index is 376. The standard InChI is InChI=1S/C13H17NO/c1-5-13(2,3)14(4)10-11-7-6-8-12(15)9-11/h1,6-9,15H,10H2,2-4H3. The van der Waals surface area contributed by atoms with Crippen molar-refractivity contribution in [3.8, 4) is 18.1 Å². The molecule has 1 rings (SSSR count). The summed E-state index contributed by atoms with van der Waals surface area (Å²) in [4.78, 5) is 2.07. The molecule has 0 saturated carbocycles. The van der Waals surface area contributed by atoms with Crippen LogP contribution in [0.4, 0.5) is 0 Å². The predicted octanol–water partition coefficient (Wildman–Crippen LogP) is 2.24. The van der Waals surface area contributed by atoms with E-state index in [0.29, 0.717) is 5.75 Å². The molecule has 0 aliphatic carbocycles. The molecule has 0 unspecified atom stereocenters. The first-order valence-electron chi connectivity index (χ1n) is 4.92. The van der Waals surface area contributed by atoms with Crippen molar-refractivity contribution < 1.29 is 5.11 Å². The smallest absolute Gasteiger partial charge is 0.115 e. The summed E-state index contributed by atoms with van der Waals surface area (Å²) in [6.07, 6.45) is 5.45. The highest BCUT2D eigenvalue weighted by Crippen LogP contribution is 2.17. The van der Waals surface area contributed by atoms with Gasteiger partial charge in [0.15, 0.2) is 0 Å². The number of terminal acetylenes is 1. The summed E-state index contributed by atoms with van der Waals surface area (Å²) in [5, 5.41) is 9.33. The number of benzene rings is 1. The number of aromatic hydroxyl groups is 1. The van der Waals surface area contributed by atoms with Gasteiger partial charge >= 0.3 is 0 Å². The summed E-state index contributed by atoms with van der Waals surface area (Å²) < 4.78 is 0. The second kappa shape index (κ2) is 4.37. The highest BCUT2D eigenvalue weighted by atomic mass is 16.3. The molecule has 0 amide bonds. The summed E-state index contributed by atoms with van der Waals surface area (Å²) in [5.41, 5.74) is 0.784. The van der Waals surface area contributed by atoms with E-state index in [4.69, 9.17) is 6.42 Å². The zero-order valence-electron chi connectivity index (χ0n) is 9.49. The van der Waals surface area contributed by atoms with E-state index in [1.807, 2.05) is 33.0 Å². The number of phenols is 1. The molecular formula is C13H17NO. The normalized spacial score (nSPS) is 11.4. The van der Waals surface area contributed by atoms with E-state index in [-0.39, 0.29) is 5.54 Å². The summed E-state index contributed by atoms with van der Waals surface area (Å²) in [6, 6.07) is 7.23. The third-order valence-corrected chi connectivity index (χ3v) is 2.64. The molecule has 80 valence electrons. The molecule has 2 heteroatoms. The molecule has 0 radical (unpaired) electrons. The van der Waals surface area contributed by atoms with Crippen molar-refractivity contribution in [2.45, 2.75) is 25.9 Å². The van der Waals surface area contributed by atoms with Crippen LogP contribution < -0.4 is 0 Å². The Hall–Kier alpha value is -1.46. The second-order valence-electron chi connectivity index (χ2n) is 4.23. The molecule has 0 saturated heterocycles. The van der Waals surface area contributed by atoms with Crippen molar-refractivity contribution in [1.82, 2.24) is 4.90 Å². The van der Waals surface area contributed by atoms with Gasteiger partial charge in [-0.15, -0.1) is 6.42 Å². The van der Waals surface area contributed by atoms with Crippen LogP contribution in [-0.4, -0.2) is 22.6 Å². The molecule has 0 aliphatic heterocycles. The van der Waals surface area contributed by atoms with Gasteiger partial charge in [-0.2, -0.15) is 0 Å². The lowest BCUT2D eigenvalue weighted by Crippen LogP contribution is -2.38. The van der Waals surface area contributed by atoms with Crippen LogP contribution >= 0.6 is 0 Å². The first-order chi connectivity index (χ1) is 6.95. The maximum atomic E-state index is 9.33. The Labute approximate surface area is 91.5 Å². The number of phenolic OH excluding ortho intramolecular Hbond substituents is 1. The molecule has 0 aliphatic rings. The minimum absolute atomic E-state index is 0.272. The van der Waals surface area contributed by atoms with Crippen LogP contribution in [0.2, 0.25) is 0 Å². The third kappa shape index (κ3) is 3.00. The summed E-state index contributed by atoms with van der Waals surface area (Å²) in [7, 11) is 1.98. The van der Waals surface area contributed by atoms with Crippen molar-refractivity contribution in [3.63, 3.8) is 0 Å². The van der Waals surface area contributed by atoms with Gasteiger partial charge in [-0.25, -0.2) is 0 Å². The van der Waals surface area contributed by atoms with Crippen LogP contribution in [0.3, 0.4) is 0 Å². The van der Waals surface area contributed by atoms with E-state index in [0.717, 1.165) is 12.1 Å². The number of nitrogens with zero attached hydrogens (tertiary/aromatic N) is 1. The van der Waals surface area contributed by atoms with Gasteiger partial charge in [0.05, 0.1) is 5.54 Å². The van der Waals surface area contributed by atoms with E-state index in [1.54, 1.807) is 12.1 Å². The number of hydrogen-bond acceptors (Lipinski definition) is 2. The van der Waals surface area contributed by atoms with Crippen molar-refractivity contribution in [2.75, 3.05) is 7.05 Å². The lowest BCUT2D eigenvalue weighted by molar-refractivity contribution is 0.205. The molecule has 0 spiro atoms. The largest absolute Gasteiger partial charge is 0.508 e. The van der Waals surface area contributed by atoms with Crippen LogP contribution in [-0.2, 0) is 6.54 Å². The maximum Gasteiger partial charge on any atom is 0.115 e. The minimum atomic E-state index is -0.272. The Morgan fingerprint density at radius 1 is 1.47 bits per heavy atom. The van der Waals surface area contributed by atoms with Gasteiger partial charge in [0.1, 0.15) is 5.75 Å². The zero-order valence-corrected chi connectivity index (χ0v) is 9.49. The quantitative estimate of drug-likeness (QED) is 0.761. The van der Waals surface area contributed by atoms with Gasteiger partial charge in [0.25, 0.3) is 0 Å². The molecule has 0 bridgehead atoms. The monoisotopic (exact) mass is 203 g/mol. The van der Waals surface area contributed by atoms with Crippen LogP contribution in [0.5, 0.6) is 5.75 Å². The highest BCUT2D eigenvalue weighted by molar-refractivity contribution is 5.27. The second-order valence-corrected chi connectivity index (χ2v) is 4.23. The van der Waals surface area contributed by atoms with E-state index in [2.05, 4.69) is 10.8 Å². The van der Waals surface area contributed by atoms with Gasteiger partial charge in [-0.3, -0.25) is 4.90 Å². The fraction of sp³-hybridized carbons (Fsp3) is 0.385. The number of hydrogen-bond donors (Lipinski definition) is 1. The SMILES string of the molecule is C#CC(C)(C)N(C)Cc1cccc(O)c1. The van der Waals surface area contributed by atoms with E-state index < -0.39 is 0 Å². The average molecular weight is 203 g/mol. The minimum Gasteiger partial charge on any atom is -0.508 e. The Morgan fingerprint density at radius 3 is 2.67 bits per heavy atom. The Kier molecular flexibility index (Phi) is 3.39. The molecule has 0 heterocycles. The molecule has 1 aromatic rings. The first-order valence-corrected chi connectivity index (χ1v) is 4.92. The van der Waals surface area contributed by atoms with Crippen molar-refractivity contribution in [2.24, 2.45) is 0 Å². The molecule has 2 nitrogen and oxygen atoms in total. The molecular weight excluding hydrogens is 186 g/mol. The lowest BCUT2D eigenvalue weighted by atomic mass is 10.0. The van der Waals surface area contributed by atoms with Crippen LogP contribution in [0.25, 0.3) is 0 Å². The van der Waals surface area contributed by atoms with E-state index in [1.165, 1.54) is 0 Å².